The SMILES string of the molecule is Cc1nsc(N(CC#N)[C@@H](CC(C)C)C(N)=O)c1-c1ccc(-c2cc[n+]([O-])cc2)cc1. The second-order valence-corrected chi connectivity index (χ2v) is 8.56. The van der Waals surface area contributed by atoms with Crippen LogP contribution in [0.15, 0.2) is 48.8 Å². The van der Waals surface area contributed by atoms with Crippen LogP contribution >= 0.6 is 11.5 Å². The molecule has 7 nitrogen and oxygen atoms in total. The minimum Gasteiger partial charge on any atom is -0.619 e. The first-order chi connectivity index (χ1) is 14.8. The van der Waals surface area contributed by atoms with E-state index in [0.29, 0.717) is 6.42 Å². The number of carbonyl (C=O) groups excluding carboxylic acids is 1. The highest BCUT2D eigenvalue weighted by Gasteiger charge is 2.29. The molecule has 1 atom stereocenters. The molecule has 1 amide bonds. The average molecular weight is 436 g/mol. The number of aromatic nitrogens is 2. The molecule has 3 rings (SSSR count). The molecule has 0 saturated heterocycles. The van der Waals surface area contributed by atoms with Crippen LogP contribution in [0.25, 0.3) is 22.3 Å². The Bertz CT molecular complexity index is 1080. The first-order valence-electron chi connectivity index (χ1n) is 10.0. The van der Waals surface area contributed by atoms with Crippen LogP contribution in [0.3, 0.4) is 0 Å². The van der Waals surface area contributed by atoms with Crippen molar-refractivity contribution >= 4 is 22.4 Å². The van der Waals surface area contributed by atoms with Crippen LogP contribution in [0, 0.1) is 29.4 Å². The summed E-state index contributed by atoms with van der Waals surface area (Å²) in [6, 6.07) is 13.1. The molecule has 0 aliphatic rings. The maximum absolute atomic E-state index is 12.2. The highest BCUT2D eigenvalue weighted by atomic mass is 32.1. The van der Waals surface area contributed by atoms with E-state index in [1.165, 1.54) is 23.9 Å². The molecule has 0 spiro atoms. The molecule has 3 aromatic rings. The highest BCUT2D eigenvalue weighted by Crippen LogP contribution is 2.39. The molecule has 2 aromatic heterocycles. The van der Waals surface area contributed by atoms with Crippen LogP contribution in [0.2, 0.25) is 0 Å². The molecule has 0 bridgehead atoms. The fraction of sp³-hybridized carbons (Fsp3) is 0.304. The van der Waals surface area contributed by atoms with Gasteiger partial charge in [-0.05, 0) is 47.5 Å². The smallest absolute Gasteiger partial charge is 0.240 e. The number of nitriles is 1. The average Bonchev–Trinajstić information content (AvgIpc) is 3.12. The molecule has 0 aliphatic carbocycles. The van der Waals surface area contributed by atoms with Crippen molar-refractivity contribution in [3.05, 3.63) is 59.7 Å². The number of rotatable bonds is 8. The van der Waals surface area contributed by atoms with Gasteiger partial charge in [0.1, 0.15) is 17.6 Å². The zero-order valence-corrected chi connectivity index (χ0v) is 18.6. The molecular formula is C23H25N5O2S. The van der Waals surface area contributed by atoms with Gasteiger partial charge in [0, 0.05) is 17.7 Å². The normalized spacial score (nSPS) is 11.8. The highest BCUT2D eigenvalue weighted by molar-refractivity contribution is 7.11. The number of hydrogen-bond acceptors (Lipinski definition) is 6. The van der Waals surface area contributed by atoms with E-state index in [-0.39, 0.29) is 12.5 Å². The Morgan fingerprint density at radius 2 is 1.77 bits per heavy atom. The number of amides is 1. The number of primary amides is 1. The van der Waals surface area contributed by atoms with Crippen molar-refractivity contribution < 1.29 is 9.52 Å². The van der Waals surface area contributed by atoms with Crippen molar-refractivity contribution in [1.29, 1.82) is 5.26 Å². The van der Waals surface area contributed by atoms with E-state index < -0.39 is 11.9 Å². The maximum atomic E-state index is 12.2. The monoisotopic (exact) mass is 435 g/mol. The van der Waals surface area contributed by atoms with E-state index >= 15 is 0 Å². The van der Waals surface area contributed by atoms with E-state index in [9.17, 15) is 15.3 Å². The van der Waals surface area contributed by atoms with Gasteiger partial charge < -0.3 is 15.8 Å². The molecule has 0 fully saturated rings. The van der Waals surface area contributed by atoms with Gasteiger partial charge in [-0.3, -0.25) is 4.79 Å². The first kappa shape index (κ1) is 22.2. The molecule has 0 radical (unpaired) electrons. The Morgan fingerprint density at radius 1 is 1.19 bits per heavy atom. The van der Waals surface area contributed by atoms with E-state index in [4.69, 9.17) is 5.73 Å². The van der Waals surface area contributed by atoms with Crippen molar-refractivity contribution in [3.63, 3.8) is 0 Å². The van der Waals surface area contributed by atoms with Gasteiger partial charge in [-0.15, -0.1) is 0 Å². The number of carbonyl (C=O) groups is 1. The summed E-state index contributed by atoms with van der Waals surface area (Å²) in [5, 5.41) is 21.5. The van der Waals surface area contributed by atoms with Crippen molar-refractivity contribution in [3.8, 4) is 28.3 Å². The summed E-state index contributed by atoms with van der Waals surface area (Å²) in [5.41, 5.74) is 10.3. The lowest BCUT2D eigenvalue weighted by atomic mass is 9.99. The summed E-state index contributed by atoms with van der Waals surface area (Å²) in [6.07, 6.45) is 3.49. The van der Waals surface area contributed by atoms with Crippen LogP contribution in [-0.2, 0) is 4.79 Å². The number of nitrogens with two attached hydrogens (primary N) is 1. The fourth-order valence-electron chi connectivity index (χ4n) is 3.56. The van der Waals surface area contributed by atoms with Crippen molar-refractivity contribution in [2.45, 2.75) is 33.2 Å². The van der Waals surface area contributed by atoms with Crippen molar-refractivity contribution in [2.75, 3.05) is 11.4 Å². The van der Waals surface area contributed by atoms with Crippen LogP contribution in [0.4, 0.5) is 5.00 Å². The van der Waals surface area contributed by atoms with Gasteiger partial charge in [-0.25, -0.2) is 0 Å². The Labute approximate surface area is 186 Å². The van der Waals surface area contributed by atoms with Gasteiger partial charge in [-0.2, -0.15) is 14.4 Å². The zero-order valence-electron chi connectivity index (χ0n) is 17.8. The second kappa shape index (κ2) is 9.58. The maximum Gasteiger partial charge on any atom is 0.240 e. The molecule has 1 aromatic carbocycles. The third-order valence-electron chi connectivity index (χ3n) is 5.05. The summed E-state index contributed by atoms with van der Waals surface area (Å²) in [6.45, 7) is 6.01. The lowest BCUT2D eigenvalue weighted by Gasteiger charge is -2.30. The quantitative estimate of drug-likeness (QED) is 0.330. The van der Waals surface area contributed by atoms with Crippen molar-refractivity contribution in [1.82, 2.24) is 4.37 Å². The fourth-order valence-corrected chi connectivity index (χ4v) is 4.53. The molecule has 31 heavy (non-hydrogen) atoms. The predicted molar refractivity (Wildman–Crippen MR) is 122 cm³/mol. The Balaban J connectivity index is 2.01. The Hall–Kier alpha value is -3.44. The van der Waals surface area contributed by atoms with Gasteiger partial charge in [0.05, 0.1) is 11.8 Å². The van der Waals surface area contributed by atoms with Gasteiger partial charge in [-0.1, -0.05) is 38.1 Å². The molecule has 2 heterocycles. The van der Waals surface area contributed by atoms with E-state index in [1.54, 1.807) is 17.0 Å². The summed E-state index contributed by atoms with van der Waals surface area (Å²) >= 11 is 1.27. The molecule has 0 saturated carbocycles. The zero-order chi connectivity index (χ0) is 22.5. The molecule has 8 heteroatoms. The minimum absolute atomic E-state index is 0.0479. The molecule has 2 N–H and O–H groups in total. The summed E-state index contributed by atoms with van der Waals surface area (Å²) in [7, 11) is 0. The van der Waals surface area contributed by atoms with Crippen LogP contribution in [-0.4, -0.2) is 22.9 Å². The number of hydrogen-bond donors (Lipinski definition) is 1. The lowest BCUT2D eigenvalue weighted by Crippen LogP contribution is -2.46. The number of pyridine rings is 1. The topological polar surface area (TPSA) is 110 Å². The summed E-state index contributed by atoms with van der Waals surface area (Å²) in [5.74, 6) is -0.204. The number of benzene rings is 1. The number of aryl methyl sites for hydroxylation is 1. The lowest BCUT2D eigenvalue weighted by molar-refractivity contribution is -0.605. The Kier molecular flexibility index (Phi) is 6.88. The summed E-state index contributed by atoms with van der Waals surface area (Å²) in [4.78, 5) is 14.0. The summed E-state index contributed by atoms with van der Waals surface area (Å²) < 4.78 is 5.26. The third kappa shape index (κ3) is 5.01. The van der Waals surface area contributed by atoms with Gasteiger partial charge in [0.25, 0.3) is 0 Å². The Morgan fingerprint density at radius 3 is 2.32 bits per heavy atom. The molecular weight excluding hydrogens is 410 g/mol. The van der Waals surface area contributed by atoms with E-state index in [0.717, 1.165) is 37.7 Å². The van der Waals surface area contributed by atoms with Crippen LogP contribution in [0.5, 0.6) is 0 Å². The van der Waals surface area contributed by atoms with Gasteiger partial charge in [0.15, 0.2) is 12.4 Å². The third-order valence-corrected chi connectivity index (χ3v) is 6.03. The van der Waals surface area contributed by atoms with Crippen LogP contribution in [0.1, 0.15) is 26.0 Å². The first-order valence-corrected chi connectivity index (χ1v) is 10.8. The van der Waals surface area contributed by atoms with E-state index in [2.05, 4.69) is 10.4 Å². The van der Waals surface area contributed by atoms with Gasteiger partial charge in [0.2, 0.25) is 5.91 Å². The number of anilines is 1. The molecule has 0 aliphatic heterocycles. The van der Waals surface area contributed by atoms with Gasteiger partial charge >= 0.3 is 0 Å². The van der Waals surface area contributed by atoms with E-state index in [1.807, 2.05) is 45.0 Å². The second-order valence-electron chi connectivity index (χ2n) is 7.81. The number of nitrogens with zero attached hydrogens (tertiary/aromatic N) is 4. The predicted octanol–water partition coefficient (Wildman–Crippen LogP) is 3.65. The minimum atomic E-state index is -0.583. The standard InChI is InChI=1S/C23H25N5O2S/c1-15(2)14-20(22(25)29)28(13-10-24)23-21(16(3)26-31-23)19-6-4-17(5-7-19)18-8-11-27(30)12-9-18/h4-9,11-12,15,20H,13-14H2,1-3H3,(H2,25,29)/t20-/m0/s1. The largest absolute Gasteiger partial charge is 0.619 e. The molecule has 160 valence electrons. The molecule has 0 unspecified atom stereocenters. The van der Waals surface area contributed by atoms with Crippen molar-refractivity contribution in [2.24, 2.45) is 11.7 Å². The van der Waals surface area contributed by atoms with Crippen LogP contribution < -0.4 is 15.4 Å².